The van der Waals surface area contributed by atoms with E-state index >= 15 is 0 Å². The van der Waals surface area contributed by atoms with Gasteiger partial charge in [-0.15, -0.1) is 0 Å². The van der Waals surface area contributed by atoms with Crippen molar-refractivity contribution in [1.82, 2.24) is 20.2 Å². The summed E-state index contributed by atoms with van der Waals surface area (Å²) in [6.45, 7) is 7.19. The highest BCUT2D eigenvalue weighted by Gasteiger charge is 2.43. The van der Waals surface area contributed by atoms with Crippen molar-refractivity contribution < 1.29 is 4.79 Å². The largest absolute Gasteiger partial charge is 0.351 e. The number of nitrogens with one attached hydrogen (secondary N) is 2. The van der Waals surface area contributed by atoms with E-state index in [0.717, 1.165) is 18.5 Å². The highest BCUT2D eigenvalue weighted by Crippen LogP contribution is 2.40. The molecule has 0 radical (unpaired) electrons. The molecule has 3 heterocycles. The first kappa shape index (κ1) is 17.1. The predicted octanol–water partition coefficient (Wildman–Crippen LogP) is 1.72. The van der Waals surface area contributed by atoms with Crippen molar-refractivity contribution in [2.45, 2.75) is 57.9 Å². The molecule has 6 nitrogen and oxygen atoms in total. The molecule has 132 valence electrons. The smallest absolute Gasteiger partial charge is 0.345 e. The standard InChI is InChI=1S/C18H28N4O2/c1-13(2)11-14-12-15(21-17(24)20-14)16(23)19-8-7-18-5-3-9-22(18)10-4-6-18/h12-13H,3-11H2,1-2H3,(H,19,23)(H,20,21,24). The summed E-state index contributed by atoms with van der Waals surface area (Å²) in [6.07, 6.45) is 6.73. The highest BCUT2D eigenvalue weighted by atomic mass is 16.2. The van der Waals surface area contributed by atoms with Crippen molar-refractivity contribution in [1.29, 1.82) is 0 Å². The van der Waals surface area contributed by atoms with Crippen molar-refractivity contribution in [2.75, 3.05) is 19.6 Å². The van der Waals surface area contributed by atoms with Crippen molar-refractivity contribution in [3.8, 4) is 0 Å². The predicted molar refractivity (Wildman–Crippen MR) is 93.1 cm³/mol. The van der Waals surface area contributed by atoms with Crippen molar-refractivity contribution in [3.05, 3.63) is 27.9 Å². The number of carbonyl (C=O) groups is 1. The number of hydrogen-bond acceptors (Lipinski definition) is 4. The lowest BCUT2D eigenvalue weighted by atomic mass is 9.90. The Morgan fingerprint density at radius 1 is 1.38 bits per heavy atom. The SMILES string of the molecule is CC(C)Cc1cc(C(=O)NCCC23CCCN2CCC3)nc(=O)[nH]1. The molecule has 0 saturated carbocycles. The Hall–Kier alpha value is -1.69. The Kier molecular flexibility index (Phi) is 5.04. The van der Waals surface area contributed by atoms with Crippen LogP contribution in [0.4, 0.5) is 0 Å². The van der Waals surface area contributed by atoms with Gasteiger partial charge in [0.25, 0.3) is 5.91 Å². The van der Waals surface area contributed by atoms with Crippen LogP contribution in [-0.2, 0) is 6.42 Å². The van der Waals surface area contributed by atoms with Crippen LogP contribution >= 0.6 is 0 Å². The van der Waals surface area contributed by atoms with Gasteiger partial charge in [0.05, 0.1) is 0 Å². The van der Waals surface area contributed by atoms with E-state index in [-0.39, 0.29) is 11.6 Å². The summed E-state index contributed by atoms with van der Waals surface area (Å²) in [6, 6.07) is 1.70. The molecule has 0 atom stereocenters. The lowest BCUT2D eigenvalue weighted by Gasteiger charge is -2.32. The quantitative estimate of drug-likeness (QED) is 0.831. The van der Waals surface area contributed by atoms with Gasteiger partial charge in [0, 0.05) is 17.8 Å². The number of carbonyl (C=O) groups excluding carboxylic acids is 1. The summed E-state index contributed by atoms with van der Waals surface area (Å²) in [5.74, 6) is 0.166. The number of aromatic nitrogens is 2. The minimum Gasteiger partial charge on any atom is -0.351 e. The molecule has 1 aromatic heterocycles. The van der Waals surface area contributed by atoms with Crippen LogP contribution in [0, 0.1) is 5.92 Å². The second kappa shape index (κ2) is 7.05. The van der Waals surface area contributed by atoms with Crippen LogP contribution in [0.25, 0.3) is 0 Å². The maximum Gasteiger partial charge on any atom is 0.345 e. The zero-order chi connectivity index (χ0) is 17.2. The van der Waals surface area contributed by atoms with Crippen molar-refractivity contribution in [2.24, 2.45) is 5.92 Å². The monoisotopic (exact) mass is 332 g/mol. The van der Waals surface area contributed by atoms with E-state index in [9.17, 15) is 9.59 Å². The molecule has 1 amide bonds. The van der Waals surface area contributed by atoms with E-state index in [0.29, 0.717) is 18.0 Å². The molecule has 1 aromatic rings. The van der Waals surface area contributed by atoms with Gasteiger partial charge in [-0.3, -0.25) is 9.69 Å². The number of rotatable bonds is 6. The molecule has 6 heteroatoms. The third kappa shape index (κ3) is 3.69. The third-order valence-electron chi connectivity index (χ3n) is 5.35. The fourth-order valence-corrected chi connectivity index (χ4v) is 4.31. The number of amides is 1. The van der Waals surface area contributed by atoms with Gasteiger partial charge in [0.1, 0.15) is 5.69 Å². The number of hydrogen-bond donors (Lipinski definition) is 2. The second-order valence-electron chi connectivity index (χ2n) is 7.62. The van der Waals surface area contributed by atoms with E-state index < -0.39 is 5.69 Å². The van der Waals surface area contributed by atoms with Gasteiger partial charge in [0.2, 0.25) is 0 Å². The first-order valence-corrected chi connectivity index (χ1v) is 9.12. The van der Waals surface area contributed by atoms with Gasteiger partial charge in [0.15, 0.2) is 0 Å². The first-order chi connectivity index (χ1) is 11.5. The van der Waals surface area contributed by atoms with Gasteiger partial charge in [-0.05, 0) is 63.6 Å². The van der Waals surface area contributed by atoms with Crippen LogP contribution < -0.4 is 11.0 Å². The van der Waals surface area contributed by atoms with Gasteiger partial charge >= 0.3 is 5.69 Å². The van der Waals surface area contributed by atoms with E-state index in [2.05, 4.69) is 34.0 Å². The molecule has 2 saturated heterocycles. The zero-order valence-electron chi connectivity index (χ0n) is 14.7. The molecule has 2 aliphatic heterocycles. The average Bonchev–Trinajstić information content (AvgIpc) is 3.05. The lowest BCUT2D eigenvalue weighted by Crippen LogP contribution is -2.41. The number of fused-ring (bicyclic) bond motifs is 1. The highest BCUT2D eigenvalue weighted by molar-refractivity contribution is 5.92. The van der Waals surface area contributed by atoms with E-state index in [1.54, 1.807) is 6.07 Å². The van der Waals surface area contributed by atoms with Crippen LogP contribution in [0.2, 0.25) is 0 Å². The van der Waals surface area contributed by atoms with Crippen LogP contribution in [0.1, 0.15) is 62.1 Å². The van der Waals surface area contributed by atoms with E-state index in [4.69, 9.17) is 0 Å². The third-order valence-corrected chi connectivity index (χ3v) is 5.35. The first-order valence-electron chi connectivity index (χ1n) is 9.12. The molecule has 0 aromatic carbocycles. The molecule has 0 aliphatic carbocycles. The molecular weight excluding hydrogens is 304 g/mol. The molecule has 3 rings (SSSR count). The Bertz CT molecular complexity index is 643. The molecule has 24 heavy (non-hydrogen) atoms. The normalized spacial score (nSPS) is 19.6. The van der Waals surface area contributed by atoms with Gasteiger partial charge in [-0.25, -0.2) is 4.79 Å². The molecule has 2 fully saturated rings. The van der Waals surface area contributed by atoms with Gasteiger partial charge in [-0.2, -0.15) is 4.98 Å². The Morgan fingerprint density at radius 3 is 2.75 bits per heavy atom. The van der Waals surface area contributed by atoms with Crippen LogP contribution in [0.15, 0.2) is 10.9 Å². The maximum absolute atomic E-state index is 12.4. The summed E-state index contributed by atoms with van der Waals surface area (Å²) < 4.78 is 0. The second-order valence-corrected chi connectivity index (χ2v) is 7.62. The number of nitrogens with zero attached hydrogens (tertiary/aromatic N) is 2. The van der Waals surface area contributed by atoms with E-state index in [1.807, 2.05) is 0 Å². The Morgan fingerprint density at radius 2 is 2.08 bits per heavy atom. The fourth-order valence-electron chi connectivity index (χ4n) is 4.31. The van der Waals surface area contributed by atoms with Crippen LogP contribution in [-0.4, -0.2) is 45.9 Å². The number of H-pyrrole nitrogens is 1. The van der Waals surface area contributed by atoms with Gasteiger partial charge in [-0.1, -0.05) is 13.8 Å². The molecule has 2 N–H and O–H groups in total. The minimum atomic E-state index is -0.449. The molecule has 2 aliphatic rings. The summed E-state index contributed by atoms with van der Waals surface area (Å²) in [7, 11) is 0. The summed E-state index contributed by atoms with van der Waals surface area (Å²) in [5.41, 5.74) is 0.847. The maximum atomic E-state index is 12.4. The lowest BCUT2D eigenvalue weighted by molar-refractivity contribution is 0.0937. The minimum absolute atomic E-state index is 0.224. The topological polar surface area (TPSA) is 78.1 Å². The zero-order valence-corrected chi connectivity index (χ0v) is 14.7. The Labute approximate surface area is 143 Å². The fraction of sp³-hybridized carbons (Fsp3) is 0.722. The summed E-state index contributed by atoms with van der Waals surface area (Å²) in [4.78, 5) is 33.2. The van der Waals surface area contributed by atoms with Crippen molar-refractivity contribution in [3.63, 3.8) is 0 Å². The molecule has 0 unspecified atom stereocenters. The number of aromatic amines is 1. The molecular formula is C18H28N4O2. The summed E-state index contributed by atoms with van der Waals surface area (Å²) in [5, 5.41) is 2.96. The van der Waals surface area contributed by atoms with Crippen LogP contribution in [0.5, 0.6) is 0 Å². The van der Waals surface area contributed by atoms with Crippen LogP contribution in [0.3, 0.4) is 0 Å². The van der Waals surface area contributed by atoms with Gasteiger partial charge < -0.3 is 10.3 Å². The van der Waals surface area contributed by atoms with Crippen molar-refractivity contribution >= 4 is 5.91 Å². The Balaban J connectivity index is 1.59. The molecule has 0 spiro atoms. The average molecular weight is 332 g/mol. The summed E-state index contributed by atoms with van der Waals surface area (Å²) >= 11 is 0. The van der Waals surface area contributed by atoms with E-state index in [1.165, 1.54) is 38.8 Å². The molecule has 0 bridgehead atoms.